The Morgan fingerprint density at radius 1 is 1.42 bits per heavy atom. The van der Waals surface area contributed by atoms with Crippen LogP contribution in [0.25, 0.3) is 0 Å². The van der Waals surface area contributed by atoms with Gasteiger partial charge in [0.25, 0.3) is 0 Å². The molecule has 0 aromatic carbocycles. The quantitative estimate of drug-likeness (QED) is 0.655. The van der Waals surface area contributed by atoms with Crippen LogP contribution in [0.4, 0.5) is 0 Å². The van der Waals surface area contributed by atoms with E-state index in [0.717, 1.165) is 12.5 Å². The smallest absolute Gasteiger partial charge is 0.0587 e. The Kier molecular flexibility index (Phi) is 4.02. The summed E-state index contributed by atoms with van der Waals surface area (Å²) >= 11 is 0. The predicted octanol–water partition coefficient (Wildman–Crippen LogP) is 1.39. The topological polar surface area (TPSA) is 32.3 Å². The molecule has 12 heavy (non-hydrogen) atoms. The number of hydrogen-bond acceptors (Lipinski definition) is 2. The minimum Gasteiger partial charge on any atom is -0.395 e. The molecule has 0 amide bonds. The second-order valence-corrected chi connectivity index (χ2v) is 4.28. The van der Waals surface area contributed by atoms with Gasteiger partial charge in [0.1, 0.15) is 0 Å². The molecule has 0 aliphatic heterocycles. The average Bonchev–Trinajstić information content (AvgIpc) is 1.93. The minimum atomic E-state index is 0.303. The first kappa shape index (κ1) is 10.0. The van der Waals surface area contributed by atoms with Crippen LogP contribution in [-0.4, -0.2) is 24.3 Å². The van der Waals surface area contributed by atoms with Crippen molar-refractivity contribution in [2.45, 2.75) is 39.2 Å². The Labute approximate surface area is 75.4 Å². The maximum absolute atomic E-state index is 9.11. The Hall–Kier alpha value is -0.0800. The summed E-state index contributed by atoms with van der Waals surface area (Å²) in [6, 6.07) is 0.362. The van der Waals surface area contributed by atoms with E-state index in [1.54, 1.807) is 0 Å². The van der Waals surface area contributed by atoms with Gasteiger partial charge in [0, 0.05) is 6.04 Å². The first-order valence-corrected chi connectivity index (χ1v) is 5.08. The molecule has 2 nitrogen and oxygen atoms in total. The first-order chi connectivity index (χ1) is 5.74. The molecule has 1 aliphatic rings. The molecule has 1 unspecified atom stereocenters. The zero-order valence-corrected chi connectivity index (χ0v) is 8.21. The van der Waals surface area contributed by atoms with E-state index in [4.69, 9.17) is 5.11 Å². The third kappa shape index (κ3) is 2.76. The van der Waals surface area contributed by atoms with Gasteiger partial charge in [0.2, 0.25) is 0 Å². The van der Waals surface area contributed by atoms with E-state index < -0.39 is 0 Å². The molecule has 1 aliphatic carbocycles. The zero-order chi connectivity index (χ0) is 8.97. The van der Waals surface area contributed by atoms with Gasteiger partial charge in [-0.3, -0.25) is 0 Å². The largest absolute Gasteiger partial charge is 0.395 e. The number of nitrogens with one attached hydrogen (secondary N) is 1. The van der Waals surface area contributed by atoms with Crippen LogP contribution in [0.5, 0.6) is 0 Å². The third-order valence-electron chi connectivity index (χ3n) is 2.70. The van der Waals surface area contributed by atoms with Crippen LogP contribution in [-0.2, 0) is 0 Å². The third-order valence-corrected chi connectivity index (χ3v) is 2.70. The first-order valence-electron chi connectivity index (χ1n) is 5.08. The second-order valence-electron chi connectivity index (χ2n) is 4.28. The highest BCUT2D eigenvalue weighted by atomic mass is 16.3. The minimum absolute atomic E-state index is 0.303. The molecule has 1 atom stereocenters. The van der Waals surface area contributed by atoms with Gasteiger partial charge in [0.15, 0.2) is 0 Å². The van der Waals surface area contributed by atoms with Gasteiger partial charge in [-0.05, 0) is 31.2 Å². The Morgan fingerprint density at radius 3 is 2.42 bits per heavy atom. The Balaban J connectivity index is 2.15. The highest BCUT2D eigenvalue weighted by molar-refractivity contribution is 4.82. The van der Waals surface area contributed by atoms with Gasteiger partial charge in [-0.15, -0.1) is 0 Å². The van der Waals surface area contributed by atoms with Crippen molar-refractivity contribution in [3.63, 3.8) is 0 Å². The van der Waals surface area contributed by atoms with E-state index in [9.17, 15) is 0 Å². The predicted molar refractivity (Wildman–Crippen MR) is 51.1 cm³/mol. The summed E-state index contributed by atoms with van der Waals surface area (Å²) in [7, 11) is 0. The maximum Gasteiger partial charge on any atom is 0.0587 e. The van der Waals surface area contributed by atoms with Crippen molar-refractivity contribution in [2.24, 2.45) is 11.8 Å². The summed E-state index contributed by atoms with van der Waals surface area (Å²) in [6.45, 7) is 5.73. The van der Waals surface area contributed by atoms with Crippen molar-refractivity contribution in [3.05, 3.63) is 0 Å². The van der Waals surface area contributed by atoms with Crippen LogP contribution in [0.2, 0.25) is 0 Å². The van der Waals surface area contributed by atoms with Gasteiger partial charge in [-0.2, -0.15) is 0 Å². The van der Waals surface area contributed by atoms with Crippen LogP contribution < -0.4 is 5.32 Å². The molecule has 2 N–H and O–H groups in total. The standard InChI is InChI=1S/C10H21NO/c1-8(2)6-11-10(7-12)9-4-3-5-9/h8-12H,3-7H2,1-2H3. The summed E-state index contributed by atoms with van der Waals surface area (Å²) in [5.41, 5.74) is 0. The van der Waals surface area contributed by atoms with Gasteiger partial charge >= 0.3 is 0 Å². The van der Waals surface area contributed by atoms with E-state index in [-0.39, 0.29) is 0 Å². The summed E-state index contributed by atoms with van der Waals surface area (Å²) in [4.78, 5) is 0. The van der Waals surface area contributed by atoms with Crippen LogP contribution in [0.1, 0.15) is 33.1 Å². The van der Waals surface area contributed by atoms with E-state index in [1.807, 2.05) is 0 Å². The molecule has 0 radical (unpaired) electrons. The number of aliphatic hydroxyl groups is 1. The van der Waals surface area contributed by atoms with Crippen molar-refractivity contribution in [1.29, 1.82) is 0 Å². The summed E-state index contributed by atoms with van der Waals surface area (Å²) in [6.07, 6.45) is 3.96. The molecule has 0 heterocycles. The van der Waals surface area contributed by atoms with Gasteiger partial charge in [-0.1, -0.05) is 20.3 Å². The molecule has 2 heteroatoms. The summed E-state index contributed by atoms with van der Waals surface area (Å²) < 4.78 is 0. The number of aliphatic hydroxyl groups excluding tert-OH is 1. The van der Waals surface area contributed by atoms with Crippen molar-refractivity contribution < 1.29 is 5.11 Å². The Bertz CT molecular complexity index is 121. The molecule has 0 saturated heterocycles. The summed E-state index contributed by atoms with van der Waals surface area (Å²) in [5.74, 6) is 1.42. The second kappa shape index (κ2) is 4.83. The molecule has 1 saturated carbocycles. The van der Waals surface area contributed by atoms with Crippen LogP contribution >= 0.6 is 0 Å². The fourth-order valence-electron chi connectivity index (χ4n) is 1.61. The fourth-order valence-corrected chi connectivity index (χ4v) is 1.61. The Morgan fingerprint density at radius 2 is 2.08 bits per heavy atom. The van der Waals surface area contributed by atoms with E-state index in [0.29, 0.717) is 18.6 Å². The van der Waals surface area contributed by atoms with Crippen LogP contribution in [0.15, 0.2) is 0 Å². The molecular weight excluding hydrogens is 150 g/mol. The molecular formula is C10H21NO. The highest BCUT2D eigenvalue weighted by Crippen LogP contribution is 2.29. The summed E-state index contributed by atoms with van der Waals surface area (Å²) in [5, 5.41) is 12.5. The lowest BCUT2D eigenvalue weighted by atomic mass is 9.80. The lowest BCUT2D eigenvalue weighted by Crippen LogP contribution is -2.43. The molecule has 0 bridgehead atoms. The van der Waals surface area contributed by atoms with E-state index >= 15 is 0 Å². The zero-order valence-electron chi connectivity index (χ0n) is 8.21. The SMILES string of the molecule is CC(C)CNC(CO)C1CCC1. The molecule has 72 valence electrons. The van der Waals surface area contributed by atoms with Crippen molar-refractivity contribution >= 4 is 0 Å². The average molecular weight is 171 g/mol. The van der Waals surface area contributed by atoms with Crippen molar-refractivity contribution in [2.75, 3.05) is 13.2 Å². The lowest BCUT2D eigenvalue weighted by molar-refractivity contribution is 0.146. The van der Waals surface area contributed by atoms with E-state index in [1.165, 1.54) is 19.3 Å². The molecule has 0 aromatic heterocycles. The van der Waals surface area contributed by atoms with Crippen molar-refractivity contribution in [1.82, 2.24) is 5.32 Å². The lowest BCUT2D eigenvalue weighted by Gasteiger charge is -2.33. The van der Waals surface area contributed by atoms with Gasteiger partial charge in [0.05, 0.1) is 6.61 Å². The van der Waals surface area contributed by atoms with Crippen LogP contribution in [0.3, 0.4) is 0 Å². The van der Waals surface area contributed by atoms with Crippen LogP contribution in [0, 0.1) is 11.8 Å². The van der Waals surface area contributed by atoms with Crippen molar-refractivity contribution in [3.8, 4) is 0 Å². The maximum atomic E-state index is 9.11. The number of rotatable bonds is 5. The molecule has 0 spiro atoms. The van der Waals surface area contributed by atoms with Gasteiger partial charge in [-0.25, -0.2) is 0 Å². The van der Waals surface area contributed by atoms with Gasteiger partial charge < -0.3 is 10.4 Å². The monoisotopic (exact) mass is 171 g/mol. The normalized spacial score (nSPS) is 21.0. The van der Waals surface area contributed by atoms with E-state index in [2.05, 4.69) is 19.2 Å². The molecule has 1 fully saturated rings. The highest BCUT2D eigenvalue weighted by Gasteiger charge is 2.26. The molecule has 0 aromatic rings. The molecule has 1 rings (SSSR count). The fraction of sp³-hybridized carbons (Fsp3) is 1.00. The number of hydrogen-bond donors (Lipinski definition) is 2.